The maximum Gasteiger partial charge on any atom is 0.222 e. The molecule has 0 aliphatic heterocycles. The van der Waals surface area contributed by atoms with Crippen molar-refractivity contribution in [1.82, 2.24) is 9.97 Å². The minimum Gasteiger partial charge on any atom is -0.382 e. The average molecular weight is 290 g/mol. The van der Waals surface area contributed by atoms with Crippen molar-refractivity contribution in [3.05, 3.63) is 24.3 Å². The zero-order valence-corrected chi connectivity index (χ0v) is 12.3. The van der Waals surface area contributed by atoms with Crippen LogP contribution in [0.4, 0.5) is 11.8 Å². The lowest BCUT2D eigenvalue weighted by Crippen LogP contribution is -2.08. The van der Waals surface area contributed by atoms with Crippen molar-refractivity contribution in [1.29, 1.82) is 0 Å². The van der Waals surface area contributed by atoms with E-state index >= 15 is 0 Å². The molecule has 6 heteroatoms. The van der Waals surface area contributed by atoms with Gasteiger partial charge in [-0.1, -0.05) is 12.1 Å². The highest BCUT2D eigenvalue weighted by Gasteiger charge is 2.04. The molecule has 6 nitrogen and oxygen atoms in total. The van der Waals surface area contributed by atoms with E-state index in [2.05, 4.69) is 15.3 Å². The topological polar surface area (TPSA) is 82.3 Å². The van der Waals surface area contributed by atoms with Gasteiger partial charge in [0.2, 0.25) is 5.95 Å². The first-order valence-electron chi connectivity index (χ1n) is 7.14. The second-order valence-corrected chi connectivity index (χ2v) is 4.69. The molecule has 114 valence electrons. The van der Waals surface area contributed by atoms with E-state index < -0.39 is 0 Å². The molecular formula is C15H22N4O2. The van der Waals surface area contributed by atoms with E-state index in [9.17, 15) is 0 Å². The standard InChI is InChI=1S/C15H22N4O2/c1-20-10-11-21-9-5-4-8-17-14-12-6-2-3-7-13(12)18-15(16)19-14/h2-3,6-7H,4-5,8-11H2,1H3,(H3,16,17,18,19). The fourth-order valence-corrected chi connectivity index (χ4v) is 2.01. The van der Waals surface area contributed by atoms with E-state index in [1.165, 1.54) is 0 Å². The Morgan fingerprint density at radius 1 is 1.10 bits per heavy atom. The maximum atomic E-state index is 5.73. The summed E-state index contributed by atoms with van der Waals surface area (Å²) in [6, 6.07) is 7.83. The molecule has 1 heterocycles. The molecule has 0 saturated heterocycles. The van der Waals surface area contributed by atoms with Crippen LogP contribution >= 0.6 is 0 Å². The summed E-state index contributed by atoms with van der Waals surface area (Å²) in [5.74, 6) is 1.08. The third-order valence-corrected chi connectivity index (χ3v) is 3.06. The van der Waals surface area contributed by atoms with E-state index in [-0.39, 0.29) is 0 Å². The van der Waals surface area contributed by atoms with Gasteiger partial charge in [-0.25, -0.2) is 4.98 Å². The fourth-order valence-electron chi connectivity index (χ4n) is 2.01. The Bertz CT molecular complexity index is 562. The lowest BCUT2D eigenvalue weighted by molar-refractivity contribution is 0.0691. The van der Waals surface area contributed by atoms with Crippen LogP contribution in [0.3, 0.4) is 0 Å². The van der Waals surface area contributed by atoms with E-state index in [4.69, 9.17) is 15.2 Å². The number of nitrogens with zero attached hydrogens (tertiary/aromatic N) is 2. The molecule has 0 fully saturated rings. The fraction of sp³-hybridized carbons (Fsp3) is 0.467. The maximum absolute atomic E-state index is 5.73. The van der Waals surface area contributed by atoms with Crippen LogP contribution in [-0.4, -0.2) is 43.4 Å². The van der Waals surface area contributed by atoms with Crippen LogP contribution in [0.2, 0.25) is 0 Å². The number of nitrogens with two attached hydrogens (primary N) is 1. The molecule has 2 aromatic rings. The molecular weight excluding hydrogens is 268 g/mol. The number of rotatable bonds is 9. The third-order valence-electron chi connectivity index (χ3n) is 3.06. The highest BCUT2D eigenvalue weighted by Crippen LogP contribution is 2.20. The molecule has 3 N–H and O–H groups in total. The first kappa shape index (κ1) is 15.5. The number of aromatic nitrogens is 2. The smallest absolute Gasteiger partial charge is 0.222 e. The molecule has 1 aromatic carbocycles. The Morgan fingerprint density at radius 2 is 1.95 bits per heavy atom. The van der Waals surface area contributed by atoms with Gasteiger partial charge in [-0.15, -0.1) is 0 Å². The number of methoxy groups -OCH3 is 1. The van der Waals surface area contributed by atoms with Crippen molar-refractivity contribution >= 4 is 22.7 Å². The number of nitrogens with one attached hydrogen (secondary N) is 1. The Kier molecular flexibility index (Phi) is 6.18. The van der Waals surface area contributed by atoms with Crippen LogP contribution in [0.25, 0.3) is 10.9 Å². The van der Waals surface area contributed by atoms with Crippen LogP contribution in [0.5, 0.6) is 0 Å². The van der Waals surface area contributed by atoms with Crippen LogP contribution < -0.4 is 11.1 Å². The quantitative estimate of drug-likeness (QED) is 0.688. The summed E-state index contributed by atoms with van der Waals surface area (Å²) in [6.45, 7) is 2.87. The van der Waals surface area contributed by atoms with Gasteiger partial charge in [0.1, 0.15) is 5.82 Å². The number of para-hydroxylation sites is 1. The first-order valence-corrected chi connectivity index (χ1v) is 7.14. The van der Waals surface area contributed by atoms with Crippen LogP contribution in [-0.2, 0) is 9.47 Å². The summed E-state index contributed by atoms with van der Waals surface area (Å²) >= 11 is 0. The zero-order chi connectivity index (χ0) is 14.9. The lowest BCUT2D eigenvalue weighted by Gasteiger charge is -2.09. The third kappa shape index (κ3) is 4.84. The number of hydrogen-bond donors (Lipinski definition) is 2. The van der Waals surface area contributed by atoms with Gasteiger partial charge in [0.05, 0.1) is 18.7 Å². The number of benzene rings is 1. The SMILES string of the molecule is COCCOCCCCNc1nc(N)nc2ccccc12. The van der Waals surface area contributed by atoms with Crippen molar-refractivity contribution in [2.75, 3.05) is 44.5 Å². The van der Waals surface area contributed by atoms with Gasteiger partial charge < -0.3 is 20.5 Å². The molecule has 0 atom stereocenters. The van der Waals surface area contributed by atoms with Gasteiger partial charge in [-0.3, -0.25) is 0 Å². The van der Waals surface area contributed by atoms with E-state index in [0.717, 1.165) is 42.7 Å². The highest BCUT2D eigenvalue weighted by molar-refractivity contribution is 5.89. The lowest BCUT2D eigenvalue weighted by atomic mass is 10.2. The minimum absolute atomic E-state index is 0.291. The summed E-state index contributed by atoms with van der Waals surface area (Å²) in [6.07, 6.45) is 2.00. The van der Waals surface area contributed by atoms with Crippen LogP contribution in [0.15, 0.2) is 24.3 Å². The summed E-state index contributed by atoms with van der Waals surface area (Å²) < 4.78 is 10.3. The minimum atomic E-state index is 0.291. The van der Waals surface area contributed by atoms with Crippen LogP contribution in [0.1, 0.15) is 12.8 Å². The van der Waals surface area contributed by atoms with Crippen molar-refractivity contribution in [2.24, 2.45) is 0 Å². The second kappa shape index (κ2) is 8.39. The van der Waals surface area contributed by atoms with Gasteiger partial charge >= 0.3 is 0 Å². The summed E-state index contributed by atoms with van der Waals surface area (Å²) in [5, 5.41) is 4.31. The van der Waals surface area contributed by atoms with E-state index in [0.29, 0.717) is 19.2 Å². The van der Waals surface area contributed by atoms with Gasteiger partial charge in [0.25, 0.3) is 0 Å². The Hall–Kier alpha value is -1.92. The Labute approximate surface area is 124 Å². The number of anilines is 2. The van der Waals surface area contributed by atoms with Crippen molar-refractivity contribution in [3.8, 4) is 0 Å². The normalized spacial score (nSPS) is 10.9. The first-order chi connectivity index (χ1) is 10.3. The number of fused-ring (bicyclic) bond motifs is 1. The molecule has 0 unspecified atom stereocenters. The molecule has 0 spiro atoms. The molecule has 0 aliphatic rings. The number of unbranched alkanes of at least 4 members (excludes halogenated alkanes) is 1. The highest BCUT2D eigenvalue weighted by atomic mass is 16.5. The van der Waals surface area contributed by atoms with Crippen molar-refractivity contribution in [2.45, 2.75) is 12.8 Å². The molecule has 0 saturated carbocycles. The summed E-state index contributed by atoms with van der Waals surface area (Å²) in [5.41, 5.74) is 6.59. The second-order valence-electron chi connectivity index (χ2n) is 4.69. The average Bonchev–Trinajstić information content (AvgIpc) is 2.49. The molecule has 21 heavy (non-hydrogen) atoms. The Balaban J connectivity index is 1.78. The molecule has 0 aliphatic carbocycles. The van der Waals surface area contributed by atoms with Crippen molar-refractivity contribution in [3.63, 3.8) is 0 Å². The van der Waals surface area contributed by atoms with Crippen LogP contribution in [0, 0.1) is 0 Å². The molecule has 0 amide bonds. The monoisotopic (exact) mass is 290 g/mol. The number of hydrogen-bond acceptors (Lipinski definition) is 6. The Morgan fingerprint density at radius 3 is 2.81 bits per heavy atom. The largest absolute Gasteiger partial charge is 0.382 e. The van der Waals surface area contributed by atoms with Gasteiger partial charge in [0, 0.05) is 25.6 Å². The predicted octanol–water partition coefficient (Wildman–Crippen LogP) is 2.07. The number of nitrogen functional groups attached to an aromatic ring is 1. The van der Waals surface area contributed by atoms with Gasteiger partial charge in [0.15, 0.2) is 0 Å². The van der Waals surface area contributed by atoms with Gasteiger partial charge in [-0.05, 0) is 25.0 Å². The van der Waals surface area contributed by atoms with Gasteiger partial charge in [-0.2, -0.15) is 4.98 Å². The molecule has 1 aromatic heterocycles. The zero-order valence-electron chi connectivity index (χ0n) is 12.3. The molecule has 2 rings (SSSR count). The van der Waals surface area contributed by atoms with Crippen molar-refractivity contribution < 1.29 is 9.47 Å². The molecule has 0 bridgehead atoms. The van der Waals surface area contributed by atoms with E-state index in [1.54, 1.807) is 7.11 Å². The summed E-state index contributed by atoms with van der Waals surface area (Å²) in [4.78, 5) is 8.48. The molecule has 0 radical (unpaired) electrons. The number of ether oxygens (including phenoxy) is 2. The summed E-state index contributed by atoms with van der Waals surface area (Å²) in [7, 11) is 1.67. The van der Waals surface area contributed by atoms with E-state index in [1.807, 2.05) is 24.3 Å². The predicted molar refractivity (Wildman–Crippen MR) is 84.4 cm³/mol.